The smallest absolute Gasteiger partial charge is 0.258 e. The van der Waals surface area contributed by atoms with Crippen LogP contribution < -0.4 is 5.32 Å². The topological polar surface area (TPSA) is 75.4 Å². The van der Waals surface area contributed by atoms with Gasteiger partial charge in [0.15, 0.2) is 0 Å². The highest BCUT2D eigenvalue weighted by Gasteiger charge is 2.47. The predicted molar refractivity (Wildman–Crippen MR) is 110 cm³/mol. The van der Waals surface area contributed by atoms with Gasteiger partial charge in [-0.25, -0.2) is 4.98 Å². The number of aryl methyl sites for hydroxylation is 2. The van der Waals surface area contributed by atoms with Crippen molar-refractivity contribution in [1.82, 2.24) is 15.2 Å². The van der Waals surface area contributed by atoms with Gasteiger partial charge in [0.05, 0.1) is 17.4 Å². The zero-order valence-electron chi connectivity index (χ0n) is 16.4. The van der Waals surface area contributed by atoms with E-state index < -0.39 is 0 Å². The van der Waals surface area contributed by atoms with Crippen LogP contribution in [0.15, 0.2) is 22.8 Å². The average molecular weight is 436 g/mol. The highest BCUT2D eigenvalue weighted by atomic mass is 35.5. The minimum atomic E-state index is -0.166. The van der Waals surface area contributed by atoms with Crippen LogP contribution >= 0.6 is 23.2 Å². The normalized spacial score (nSPS) is 18.6. The first-order valence-electron chi connectivity index (χ1n) is 9.75. The second kappa shape index (κ2) is 7.65. The van der Waals surface area contributed by atoms with Crippen molar-refractivity contribution in [2.24, 2.45) is 5.41 Å². The van der Waals surface area contributed by atoms with E-state index in [1.54, 1.807) is 6.07 Å². The van der Waals surface area contributed by atoms with Gasteiger partial charge in [0.2, 0.25) is 5.22 Å². The van der Waals surface area contributed by atoms with Gasteiger partial charge in [-0.1, -0.05) is 11.6 Å². The molecule has 6 nitrogen and oxygen atoms in total. The highest BCUT2D eigenvalue weighted by molar-refractivity contribution is 6.33. The highest BCUT2D eigenvalue weighted by Crippen LogP contribution is 2.44. The summed E-state index contributed by atoms with van der Waals surface area (Å²) in [6.07, 6.45) is 5.14. The number of hydrogen-bond acceptors (Lipinski definition) is 4. The minimum absolute atomic E-state index is 0.0817. The van der Waals surface area contributed by atoms with Gasteiger partial charge in [0, 0.05) is 30.2 Å². The fourth-order valence-corrected chi connectivity index (χ4v) is 5.10. The number of rotatable bonds is 3. The number of furan rings is 1. The van der Waals surface area contributed by atoms with E-state index in [0.29, 0.717) is 11.1 Å². The number of carbonyl (C=O) groups excluding carboxylic acids is 2. The molecule has 0 aromatic carbocycles. The maximum absolute atomic E-state index is 12.7. The van der Waals surface area contributed by atoms with Crippen molar-refractivity contribution in [3.05, 3.63) is 51.2 Å². The number of hydrogen-bond donors (Lipinski definition) is 1. The van der Waals surface area contributed by atoms with Crippen molar-refractivity contribution < 1.29 is 14.0 Å². The number of amides is 2. The number of carbonyl (C=O) groups is 2. The summed E-state index contributed by atoms with van der Waals surface area (Å²) >= 11 is 12.1. The summed E-state index contributed by atoms with van der Waals surface area (Å²) < 4.78 is 5.02. The monoisotopic (exact) mass is 435 g/mol. The van der Waals surface area contributed by atoms with Gasteiger partial charge < -0.3 is 14.6 Å². The molecule has 154 valence electrons. The summed E-state index contributed by atoms with van der Waals surface area (Å²) in [5, 5.41) is 3.50. The molecule has 0 bridgehead atoms. The molecule has 1 aliphatic carbocycles. The Labute approximate surface area is 179 Å². The predicted octanol–water partition coefficient (Wildman–Crippen LogP) is 4.41. The quantitative estimate of drug-likeness (QED) is 0.724. The molecule has 4 rings (SSSR count). The third-order valence-corrected chi connectivity index (χ3v) is 6.66. The zero-order chi connectivity index (χ0) is 20.8. The Balaban J connectivity index is 1.31. The van der Waals surface area contributed by atoms with E-state index in [1.165, 1.54) is 6.26 Å². The van der Waals surface area contributed by atoms with Crippen LogP contribution in [0.25, 0.3) is 0 Å². The Morgan fingerprint density at radius 1 is 1.24 bits per heavy atom. The SMILES string of the molecule is Cc1cc(C)c(C(=O)NC2CCC3(CC2)CN(C(=O)c2ccoc2Cl)C3)c(Cl)n1. The average Bonchev–Trinajstić information content (AvgIpc) is 3.05. The van der Waals surface area contributed by atoms with E-state index in [4.69, 9.17) is 27.6 Å². The Bertz CT molecular complexity index is 933. The largest absolute Gasteiger partial charge is 0.452 e. The molecule has 2 aliphatic rings. The first kappa shape index (κ1) is 20.2. The van der Waals surface area contributed by atoms with Gasteiger partial charge in [-0.15, -0.1) is 0 Å². The van der Waals surface area contributed by atoms with Gasteiger partial charge in [-0.05, 0) is 68.8 Å². The van der Waals surface area contributed by atoms with Crippen molar-refractivity contribution in [2.75, 3.05) is 13.1 Å². The molecular weight excluding hydrogens is 413 g/mol. The molecule has 2 amide bonds. The van der Waals surface area contributed by atoms with Crippen molar-refractivity contribution in [1.29, 1.82) is 0 Å². The first-order valence-corrected chi connectivity index (χ1v) is 10.5. The summed E-state index contributed by atoms with van der Waals surface area (Å²) in [5.74, 6) is -0.247. The summed E-state index contributed by atoms with van der Waals surface area (Å²) in [6.45, 7) is 5.17. The van der Waals surface area contributed by atoms with Crippen LogP contribution in [-0.2, 0) is 0 Å². The second-order valence-electron chi connectivity index (χ2n) is 8.26. The molecule has 1 saturated carbocycles. The number of halogens is 2. The van der Waals surface area contributed by atoms with Gasteiger partial charge >= 0.3 is 0 Å². The lowest BCUT2D eigenvalue weighted by Gasteiger charge is -2.53. The van der Waals surface area contributed by atoms with E-state index in [2.05, 4.69) is 10.3 Å². The summed E-state index contributed by atoms with van der Waals surface area (Å²) in [4.78, 5) is 31.2. The number of nitrogens with one attached hydrogen (secondary N) is 1. The van der Waals surface area contributed by atoms with Crippen LogP contribution in [0.4, 0.5) is 0 Å². The second-order valence-corrected chi connectivity index (χ2v) is 8.96. The summed E-state index contributed by atoms with van der Waals surface area (Å²) in [7, 11) is 0. The van der Waals surface area contributed by atoms with Gasteiger partial charge in [0.25, 0.3) is 11.8 Å². The lowest BCUT2D eigenvalue weighted by Crippen LogP contribution is -2.60. The molecule has 2 aromatic rings. The van der Waals surface area contributed by atoms with E-state index in [-0.39, 0.29) is 33.6 Å². The number of aromatic nitrogens is 1. The fourth-order valence-electron chi connectivity index (χ4n) is 4.54. The van der Waals surface area contributed by atoms with Crippen LogP contribution in [0.2, 0.25) is 10.4 Å². The van der Waals surface area contributed by atoms with Gasteiger partial charge in [0.1, 0.15) is 5.15 Å². The summed E-state index contributed by atoms with van der Waals surface area (Å²) in [6, 6.07) is 3.58. The molecule has 2 fully saturated rings. The van der Waals surface area contributed by atoms with Crippen molar-refractivity contribution in [3.8, 4) is 0 Å². The first-order chi connectivity index (χ1) is 13.8. The lowest BCUT2D eigenvalue weighted by atomic mass is 9.67. The summed E-state index contributed by atoms with van der Waals surface area (Å²) in [5.41, 5.74) is 2.64. The molecule has 1 saturated heterocycles. The molecular formula is C21H23Cl2N3O3. The Kier molecular flexibility index (Phi) is 5.34. The molecule has 3 heterocycles. The van der Waals surface area contributed by atoms with Crippen LogP contribution in [0.1, 0.15) is 57.7 Å². The Morgan fingerprint density at radius 3 is 2.52 bits per heavy atom. The Hall–Kier alpha value is -2.05. The third-order valence-electron chi connectivity index (χ3n) is 6.10. The van der Waals surface area contributed by atoms with E-state index in [9.17, 15) is 9.59 Å². The maximum Gasteiger partial charge on any atom is 0.258 e. The van der Waals surface area contributed by atoms with Crippen molar-refractivity contribution in [3.63, 3.8) is 0 Å². The van der Waals surface area contributed by atoms with E-state index in [1.807, 2.05) is 24.8 Å². The van der Waals surface area contributed by atoms with Crippen LogP contribution in [0.5, 0.6) is 0 Å². The van der Waals surface area contributed by atoms with Crippen molar-refractivity contribution in [2.45, 2.75) is 45.6 Å². The molecule has 1 spiro atoms. The van der Waals surface area contributed by atoms with E-state index >= 15 is 0 Å². The van der Waals surface area contributed by atoms with Crippen molar-refractivity contribution >= 4 is 35.0 Å². The maximum atomic E-state index is 12.7. The van der Waals surface area contributed by atoms with Gasteiger partial charge in [-0.2, -0.15) is 0 Å². The van der Waals surface area contributed by atoms with E-state index in [0.717, 1.165) is 50.0 Å². The Morgan fingerprint density at radius 2 is 1.93 bits per heavy atom. The molecule has 1 aliphatic heterocycles. The van der Waals surface area contributed by atoms with Gasteiger partial charge in [-0.3, -0.25) is 9.59 Å². The zero-order valence-corrected chi connectivity index (χ0v) is 17.9. The molecule has 2 aromatic heterocycles. The molecule has 29 heavy (non-hydrogen) atoms. The molecule has 0 unspecified atom stereocenters. The molecule has 8 heteroatoms. The van der Waals surface area contributed by atoms with Crippen LogP contribution in [-0.4, -0.2) is 40.8 Å². The standard InChI is InChI=1S/C21H23Cl2N3O3/c1-12-9-13(2)24-17(22)16(12)19(27)25-14-3-6-21(7-4-14)10-26(11-21)20(28)15-5-8-29-18(15)23/h5,8-9,14H,3-4,6-7,10-11H2,1-2H3,(H,25,27). The van der Waals surface area contributed by atoms with Crippen LogP contribution in [0.3, 0.4) is 0 Å². The lowest BCUT2D eigenvalue weighted by molar-refractivity contribution is -0.0198. The molecule has 0 atom stereocenters. The molecule has 0 radical (unpaired) electrons. The van der Waals surface area contributed by atoms with Crippen LogP contribution in [0, 0.1) is 19.3 Å². The number of nitrogens with zero attached hydrogens (tertiary/aromatic N) is 2. The minimum Gasteiger partial charge on any atom is -0.452 e. The number of likely N-dealkylation sites (tertiary alicyclic amines) is 1. The third kappa shape index (κ3) is 3.88. The number of pyridine rings is 1. The fraction of sp³-hybridized carbons (Fsp3) is 0.476. The molecule has 1 N–H and O–H groups in total.